The summed E-state index contributed by atoms with van der Waals surface area (Å²) in [7, 11) is 1.46. The lowest BCUT2D eigenvalue weighted by atomic mass is 9.98. The SMILES string of the molecule is CCCOCCN1CCCC(C(=O)OC)C1. The minimum atomic E-state index is -0.0702. The molecule has 1 atom stereocenters. The number of esters is 1. The Labute approximate surface area is 97.9 Å². The Balaban J connectivity index is 2.20. The highest BCUT2D eigenvalue weighted by molar-refractivity contribution is 5.72. The van der Waals surface area contributed by atoms with Crippen LogP contribution in [0.3, 0.4) is 0 Å². The standard InChI is InChI=1S/C12H23NO3/c1-3-8-16-9-7-13-6-4-5-11(10-13)12(14)15-2/h11H,3-10H2,1-2H3. The fraction of sp³-hybridized carbons (Fsp3) is 0.917. The van der Waals surface area contributed by atoms with Crippen LogP contribution in [0.4, 0.5) is 0 Å². The van der Waals surface area contributed by atoms with Crippen LogP contribution in [0.15, 0.2) is 0 Å². The fourth-order valence-electron chi connectivity index (χ4n) is 2.06. The zero-order valence-corrected chi connectivity index (χ0v) is 10.4. The Morgan fingerprint density at radius 2 is 2.25 bits per heavy atom. The first-order valence-corrected chi connectivity index (χ1v) is 6.15. The highest BCUT2D eigenvalue weighted by Crippen LogP contribution is 2.17. The van der Waals surface area contributed by atoms with Crippen molar-refractivity contribution in [2.24, 2.45) is 5.92 Å². The van der Waals surface area contributed by atoms with E-state index in [9.17, 15) is 4.79 Å². The summed E-state index contributed by atoms with van der Waals surface area (Å²) in [5.41, 5.74) is 0. The lowest BCUT2D eigenvalue weighted by molar-refractivity contribution is -0.147. The van der Waals surface area contributed by atoms with Crippen molar-refractivity contribution in [3.63, 3.8) is 0 Å². The van der Waals surface area contributed by atoms with E-state index in [-0.39, 0.29) is 11.9 Å². The molecule has 1 rings (SSSR count). The number of hydrogen-bond acceptors (Lipinski definition) is 4. The predicted octanol–water partition coefficient (Wildman–Crippen LogP) is 1.30. The number of carbonyl (C=O) groups excluding carboxylic acids is 1. The number of likely N-dealkylation sites (tertiary alicyclic amines) is 1. The summed E-state index contributed by atoms with van der Waals surface area (Å²) in [6.07, 6.45) is 3.09. The molecule has 0 aromatic carbocycles. The number of rotatable bonds is 6. The van der Waals surface area contributed by atoms with Crippen molar-refractivity contribution in [2.45, 2.75) is 26.2 Å². The molecular formula is C12H23NO3. The van der Waals surface area contributed by atoms with Crippen LogP contribution in [0.1, 0.15) is 26.2 Å². The van der Waals surface area contributed by atoms with Crippen LogP contribution in [0.5, 0.6) is 0 Å². The third-order valence-corrected chi connectivity index (χ3v) is 2.94. The lowest BCUT2D eigenvalue weighted by Gasteiger charge is -2.31. The van der Waals surface area contributed by atoms with Crippen molar-refractivity contribution in [2.75, 3.05) is 40.0 Å². The normalized spacial score (nSPS) is 22.0. The van der Waals surface area contributed by atoms with Gasteiger partial charge in [0.25, 0.3) is 0 Å². The first-order chi connectivity index (χ1) is 7.77. The van der Waals surface area contributed by atoms with Crippen LogP contribution in [0, 0.1) is 5.92 Å². The third kappa shape index (κ3) is 4.49. The maximum atomic E-state index is 11.4. The van der Waals surface area contributed by atoms with E-state index in [1.807, 2.05) is 0 Å². The second-order valence-electron chi connectivity index (χ2n) is 4.28. The predicted molar refractivity (Wildman–Crippen MR) is 62.3 cm³/mol. The van der Waals surface area contributed by atoms with Gasteiger partial charge in [-0.1, -0.05) is 6.92 Å². The van der Waals surface area contributed by atoms with Gasteiger partial charge in [0, 0.05) is 19.7 Å². The smallest absolute Gasteiger partial charge is 0.309 e. The van der Waals surface area contributed by atoms with Crippen molar-refractivity contribution in [1.29, 1.82) is 0 Å². The zero-order valence-electron chi connectivity index (χ0n) is 10.4. The molecule has 0 aromatic rings. The molecule has 0 spiro atoms. The minimum absolute atomic E-state index is 0.0601. The number of methoxy groups -OCH3 is 1. The van der Waals surface area contributed by atoms with Crippen LogP contribution >= 0.6 is 0 Å². The molecule has 0 aliphatic carbocycles. The Hall–Kier alpha value is -0.610. The van der Waals surface area contributed by atoms with Crippen molar-refractivity contribution in [1.82, 2.24) is 4.90 Å². The van der Waals surface area contributed by atoms with E-state index < -0.39 is 0 Å². The summed E-state index contributed by atoms with van der Waals surface area (Å²) in [4.78, 5) is 13.7. The van der Waals surface area contributed by atoms with Crippen LogP contribution < -0.4 is 0 Å². The molecule has 0 radical (unpaired) electrons. The summed E-state index contributed by atoms with van der Waals surface area (Å²) in [5.74, 6) is -0.0101. The zero-order chi connectivity index (χ0) is 11.8. The number of nitrogens with zero attached hydrogens (tertiary/aromatic N) is 1. The molecule has 0 amide bonds. The molecule has 0 aromatic heterocycles. The van der Waals surface area contributed by atoms with Gasteiger partial charge >= 0.3 is 5.97 Å². The second kappa shape index (κ2) is 7.63. The molecule has 1 aliphatic rings. The molecule has 1 heterocycles. The maximum absolute atomic E-state index is 11.4. The van der Waals surface area contributed by atoms with Crippen molar-refractivity contribution in [3.8, 4) is 0 Å². The van der Waals surface area contributed by atoms with E-state index in [0.717, 1.165) is 52.1 Å². The van der Waals surface area contributed by atoms with E-state index in [1.54, 1.807) is 0 Å². The minimum Gasteiger partial charge on any atom is -0.469 e. The van der Waals surface area contributed by atoms with Gasteiger partial charge in [-0.15, -0.1) is 0 Å². The number of carbonyl (C=O) groups is 1. The van der Waals surface area contributed by atoms with Crippen molar-refractivity contribution >= 4 is 5.97 Å². The molecular weight excluding hydrogens is 206 g/mol. The monoisotopic (exact) mass is 229 g/mol. The lowest BCUT2D eigenvalue weighted by Crippen LogP contribution is -2.40. The van der Waals surface area contributed by atoms with Crippen molar-refractivity contribution < 1.29 is 14.3 Å². The Bertz CT molecular complexity index is 208. The average Bonchev–Trinajstić information content (AvgIpc) is 2.34. The topological polar surface area (TPSA) is 38.8 Å². The molecule has 1 unspecified atom stereocenters. The summed E-state index contributed by atoms with van der Waals surface area (Å²) >= 11 is 0. The first-order valence-electron chi connectivity index (χ1n) is 6.15. The van der Waals surface area contributed by atoms with E-state index in [4.69, 9.17) is 9.47 Å². The second-order valence-corrected chi connectivity index (χ2v) is 4.28. The molecule has 1 saturated heterocycles. The molecule has 4 nitrogen and oxygen atoms in total. The fourth-order valence-corrected chi connectivity index (χ4v) is 2.06. The van der Waals surface area contributed by atoms with Gasteiger partial charge in [0.05, 0.1) is 19.6 Å². The molecule has 0 N–H and O–H groups in total. The Morgan fingerprint density at radius 3 is 2.94 bits per heavy atom. The van der Waals surface area contributed by atoms with E-state index in [1.165, 1.54) is 7.11 Å². The highest BCUT2D eigenvalue weighted by Gasteiger charge is 2.25. The average molecular weight is 229 g/mol. The van der Waals surface area contributed by atoms with Gasteiger partial charge in [-0.05, 0) is 25.8 Å². The highest BCUT2D eigenvalue weighted by atomic mass is 16.5. The van der Waals surface area contributed by atoms with Crippen molar-refractivity contribution in [3.05, 3.63) is 0 Å². The Kier molecular flexibility index (Phi) is 6.42. The largest absolute Gasteiger partial charge is 0.469 e. The number of piperidine rings is 1. The van der Waals surface area contributed by atoms with Gasteiger partial charge < -0.3 is 14.4 Å². The van der Waals surface area contributed by atoms with Gasteiger partial charge in [0.2, 0.25) is 0 Å². The Morgan fingerprint density at radius 1 is 1.44 bits per heavy atom. The van der Waals surface area contributed by atoms with Gasteiger partial charge in [-0.25, -0.2) is 0 Å². The summed E-state index contributed by atoms with van der Waals surface area (Å²) in [5, 5.41) is 0. The van der Waals surface area contributed by atoms with Gasteiger partial charge in [0.15, 0.2) is 0 Å². The van der Waals surface area contributed by atoms with E-state index in [2.05, 4.69) is 11.8 Å². The van der Waals surface area contributed by atoms with E-state index >= 15 is 0 Å². The van der Waals surface area contributed by atoms with Crippen LogP contribution in [-0.4, -0.2) is 50.8 Å². The quantitative estimate of drug-likeness (QED) is 0.508. The van der Waals surface area contributed by atoms with Gasteiger partial charge in [0.1, 0.15) is 0 Å². The molecule has 1 aliphatic heterocycles. The van der Waals surface area contributed by atoms with Gasteiger partial charge in [-0.3, -0.25) is 4.79 Å². The van der Waals surface area contributed by atoms with Crippen LogP contribution in [0.2, 0.25) is 0 Å². The van der Waals surface area contributed by atoms with Crippen LogP contribution in [-0.2, 0) is 14.3 Å². The maximum Gasteiger partial charge on any atom is 0.309 e. The first kappa shape index (κ1) is 13.5. The molecule has 4 heteroatoms. The summed E-state index contributed by atoms with van der Waals surface area (Å²) in [6.45, 7) is 6.52. The molecule has 16 heavy (non-hydrogen) atoms. The molecule has 1 fully saturated rings. The molecule has 0 bridgehead atoms. The summed E-state index contributed by atoms with van der Waals surface area (Å²) < 4.78 is 10.2. The number of hydrogen-bond donors (Lipinski definition) is 0. The molecule has 94 valence electrons. The van der Waals surface area contributed by atoms with E-state index in [0.29, 0.717) is 0 Å². The van der Waals surface area contributed by atoms with Crippen LogP contribution in [0.25, 0.3) is 0 Å². The molecule has 0 saturated carbocycles. The third-order valence-electron chi connectivity index (χ3n) is 2.94. The number of ether oxygens (including phenoxy) is 2. The van der Waals surface area contributed by atoms with Gasteiger partial charge in [-0.2, -0.15) is 0 Å². The summed E-state index contributed by atoms with van der Waals surface area (Å²) in [6, 6.07) is 0.